The Morgan fingerprint density at radius 1 is 1.47 bits per heavy atom. The molecule has 17 heavy (non-hydrogen) atoms. The van der Waals surface area contributed by atoms with Gasteiger partial charge >= 0.3 is 5.97 Å². The fourth-order valence-electron chi connectivity index (χ4n) is 1.31. The van der Waals surface area contributed by atoms with Gasteiger partial charge in [-0.1, -0.05) is 0 Å². The van der Waals surface area contributed by atoms with Crippen molar-refractivity contribution in [2.45, 2.75) is 12.8 Å². The highest BCUT2D eigenvalue weighted by atomic mass is 19.3. The summed E-state index contributed by atoms with van der Waals surface area (Å²) >= 11 is 0. The molecule has 94 valence electrons. The van der Waals surface area contributed by atoms with E-state index in [2.05, 4.69) is 14.5 Å². The Morgan fingerprint density at radius 2 is 2.12 bits per heavy atom. The van der Waals surface area contributed by atoms with E-state index < -0.39 is 29.8 Å². The summed E-state index contributed by atoms with van der Waals surface area (Å²) in [6, 6.07) is 0. The number of pyridine rings is 1. The molecule has 1 rings (SSSR count). The largest absolute Gasteiger partial charge is 0.491 e. The monoisotopic (exact) mass is 247 g/mol. The number of hydrogen-bond acceptors (Lipinski definition) is 4. The predicted molar refractivity (Wildman–Crippen MR) is 54.3 cm³/mol. The molecule has 1 aromatic rings. The number of halogens is 2. The second kappa shape index (κ2) is 5.42. The van der Waals surface area contributed by atoms with Crippen molar-refractivity contribution in [3.8, 4) is 5.75 Å². The van der Waals surface area contributed by atoms with Crippen LogP contribution in [0.4, 0.5) is 8.78 Å². The smallest absolute Gasteiger partial charge is 0.311 e. The summed E-state index contributed by atoms with van der Waals surface area (Å²) in [6.45, 7) is 0. The molecular formula is C10H11F2NO4. The van der Waals surface area contributed by atoms with Gasteiger partial charge in [0.05, 0.1) is 26.2 Å². The number of aromatic nitrogens is 1. The molecule has 5 nitrogen and oxygen atoms in total. The summed E-state index contributed by atoms with van der Waals surface area (Å²) in [5.74, 6) is -0.943. The highest BCUT2D eigenvalue weighted by Crippen LogP contribution is 2.20. The van der Waals surface area contributed by atoms with E-state index in [0.717, 1.165) is 13.3 Å². The van der Waals surface area contributed by atoms with Crippen LogP contribution in [-0.4, -0.2) is 25.2 Å². The maximum atomic E-state index is 12.7. The molecule has 0 bridgehead atoms. The van der Waals surface area contributed by atoms with Crippen molar-refractivity contribution >= 4 is 5.97 Å². The zero-order valence-electron chi connectivity index (χ0n) is 9.25. The van der Waals surface area contributed by atoms with Gasteiger partial charge in [0.15, 0.2) is 5.75 Å². The maximum Gasteiger partial charge on any atom is 0.311 e. The first-order valence-electron chi connectivity index (χ1n) is 4.64. The van der Waals surface area contributed by atoms with E-state index in [9.17, 15) is 18.4 Å². The molecule has 0 aromatic carbocycles. The number of ether oxygens (including phenoxy) is 2. The molecule has 7 heteroatoms. The van der Waals surface area contributed by atoms with E-state index in [1.54, 1.807) is 0 Å². The highest BCUT2D eigenvalue weighted by Gasteiger charge is 2.22. The van der Waals surface area contributed by atoms with Crippen LogP contribution in [-0.2, 0) is 16.0 Å². The fourth-order valence-corrected chi connectivity index (χ4v) is 1.31. The predicted octanol–water partition coefficient (Wildman–Crippen LogP) is 1.04. The van der Waals surface area contributed by atoms with Gasteiger partial charge < -0.3 is 14.5 Å². The Hall–Kier alpha value is -1.92. The molecule has 0 unspecified atom stereocenters. The Labute approximate surface area is 95.4 Å². The van der Waals surface area contributed by atoms with Crippen molar-refractivity contribution in [3.05, 3.63) is 27.7 Å². The van der Waals surface area contributed by atoms with Crippen molar-refractivity contribution in [2.75, 3.05) is 14.2 Å². The molecule has 0 aliphatic carbocycles. The number of H-pyrrole nitrogens is 1. The van der Waals surface area contributed by atoms with E-state index in [1.165, 1.54) is 7.11 Å². The van der Waals surface area contributed by atoms with Gasteiger partial charge in [-0.3, -0.25) is 9.59 Å². The number of esters is 1. The molecule has 0 aliphatic rings. The van der Waals surface area contributed by atoms with Crippen LogP contribution in [0.15, 0.2) is 11.0 Å². The zero-order valence-corrected chi connectivity index (χ0v) is 9.25. The quantitative estimate of drug-likeness (QED) is 0.807. The third-order valence-corrected chi connectivity index (χ3v) is 2.16. The first-order chi connectivity index (χ1) is 8.01. The fraction of sp³-hybridized carbons (Fsp3) is 0.400. The third-order valence-electron chi connectivity index (χ3n) is 2.16. The van der Waals surface area contributed by atoms with Crippen LogP contribution in [0.3, 0.4) is 0 Å². The molecular weight excluding hydrogens is 236 g/mol. The lowest BCUT2D eigenvalue weighted by atomic mass is 10.1. The standard InChI is InChI=1S/C10H11F2NO4/c1-16-6-4-13-5(3-7(14)17-2)8(9(6)15)10(11)12/h4,10H,3H2,1-2H3,(H,13,15). The number of carbonyl (C=O) groups is 1. The SMILES string of the molecule is COC(=O)Cc1[nH]cc(OC)c(=O)c1C(F)F. The number of nitrogens with one attached hydrogen (secondary N) is 1. The van der Waals surface area contributed by atoms with E-state index in [1.807, 2.05) is 0 Å². The molecule has 0 saturated carbocycles. The van der Waals surface area contributed by atoms with Gasteiger partial charge in [0.1, 0.15) is 0 Å². The minimum absolute atomic E-state index is 0.169. The lowest BCUT2D eigenvalue weighted by Gasteiger charge is -2.09. The Bertz CT molecular complexity index is 470. The van der Waals surface area contributed by atoms with Crippen LogP contribution in [0.5, 0.6) is 5.75 Å². The lowest BCUT2D eigenvalue weighted by Crippen LogP contribution is -2.19. The van der Waals surface area contributed by atoms with Crippen LogP contribution in [0.25, 0.3) is 0 Å². The minimum Gasteiger partial charge on any atom is -0.491 e. The van der Waals surface area contributed by atoms with Gasteiger partial charge in [-0.05, 0) is 0 Å². The average Bonchev–Trinajstić information content (AvgIpc) is 2.28. The van der Waals surface area contributed by atoms with E-state index in [0.29, 0.717) is 0 Å². The van der Waals surface area contributed by atoms with E-state index >= 15 is 0 Å². The van der Waals surface area contributed by atoms with Crippen LogP contribution in [0, 0.1) is 0 Å². The van der Waals surface area contributed by atoms with Crippen LogP contribution in [0.2, 0.25) is 0 Å². The summed E-state index contributed by atoms with van der Waals surface area (Å²) in [5.41, 5.74) is -1.87. The van der Waals surface area contributed by atoms with Crippen LogP contribution < -0.4 is 10.2 Å². The zero-order chi connectivity index (χ0) is 13.0. The molecule has 1 N–H and O–H groups in total. The second-order valence-corrected chi connectivity index (χ2v) is 3.13. The molecule has 1 aromatic heterocycles. The summed E-state index contributed by atoms with van der Waals surface area (Å²) in [6.07, 6.45) is -2.28. The van der Waals surface area contributed by atoms with Gasteiger partial charge in [0.2, 0.25) is 5.43 Å². The number of alkyl halides is 2. The topological polar surface area (TPSA) is 68.4 Å². The van der Waals surface area contributed by atoms with Gasteiger partial charge in [-0.2, -0.15) is 0 Å². The Balaban J connectivity index is 3.27. The number of methoxy groups -OCH3 is 2. The molecule has 0 amide bonds. The van der Waals surface area contributed by atoms with Crippen molar-refractivity contribution in [1.82, 2.24) is 4.98 Å². The summed E-state index contributed by atoms with van der Waals surface area (Å²) in [4.78, 5) is 25.0. The summed E-state index contributed by atoms with van der Waals surface area (Å²) in [5, 5.41) is 0. The highest BCUT2D eigenvalue weighted by molar-refractivity contribution is 5.72. The number of rotatable bonds is 4. The maximum absolute atomic E-state index is 12.7. The van der Waals surface area contributed by atoms with Crippen molar-refractivity contribution < 1.29 is 23.0 Å². The molecule has 0 spiro atoms. The summed E-state index contributed by atoms with van der Waals surface area (Å²) < 4.78 is 34.4. The van der Waals surface area contributed by atoms with Crippen LogP contribution in [0.1, 0.15) is 17.7 Å². The first-order valence-corrected chi connectivity index (χ1v) is 4.64. The molecule has 0 radical (unpaired) electrons. The number of aromatic amines is 1. The van der Waals surface area contributed by atoms with Gasteiger partial charge in [-0.15, -0.1) is 0 Å². The van der Waals surface area contributed by atoms with Gasteiger partial charge in [0, 0.05) is 11.9 Å². The van der Waals surface area contributed by atoms with Crippen molar-refractivity contribution in [2.24, 2.45) is 0 Å². The second-order valence-electron chi connectivity index (χ2n) is 3.13. The number of hydrogen-bond donors (Lipinski definition) is 1. The van der Waals surface area contributed by atoms with Gasteiger partial charge in [-0.25, -0.2) is 8.78 Å². The lowest BCUT2D eigenvalue weighted by molar-refractivity contribution is -0.139. The molecule has 0 fully saturated rings. The molecule has 0 atom stereocenters. The molecule has 0 saturated heterocycles. The normalized spacial score (nSPS) is 10.4. The third kappa shape index (κ3) is 2.80. The Morgan fingerprint density at radius 3 is 2.59 bits per heavy atom. The van der Waals surface area contributed by atoms with Crippen molar-refractivity contribution in [1.29, 1.82) is 0 Å². The van der Waals surface area contributed by atoms with Crippen molar-refractivity contribution in [3.63, 3.8) is 0 Å². The molecule has 1 heterocycles. The van der Waals surface area contributed by atoms with Gasteiger partial charge in [0.25, 0.3) is 6.43 Å². The van der Waals surface area contributed by atoms with Crippen LogP contribution >= 0.6 is 0 Å². The molecule has 0 aliphatic heterocycles. The average molecular weight is 247 g/mol. The number of carbonyl (C=O) groups excluding carboxylic acids is 1. The Kier molecular flexibility index (Phi) is 4.19. The first kappa shape index (κ1) is 13.1. The minimum atomic E-state index is -2.99. The van der Waals surface area contributed by atoms with E-state index in [-0.39, 0.29) is 11.4 Å². The van der Waals surface area contributed by atoms with E-state index in [4.69, 9.17) is 0 Å². The summed E-state index contributed by atoms with van der Waals surface area (Å²) in [7, 11) is 2.33.